The maximum Gasteiger partial charge on any atom is 0.247 e. The zero-order valence-electron chi connectivity index (χ0n) is 26.8. The number of H-pyrrole nitrogens is 1. The first-order chi connectivity index (χ1) is 23.6. The average Bonchev–Trinajstić information content (AvgIpc) is 3.74. The normalized spacial score (nSPS) is 18.4. The van der Waals surface area contributed by atoms with Gasteiger partial charge in [-0.15, -0.1) is 0 Å². The van der Waals surface area contributed by atoms with Gasteiger partial charge in [-0.1, -0.05) is 30.3 Å². The highest BCUT2D eigenvalue weighted by atomic mass is 32.2. The number of likely N-dealkylation sites (tertiary alicyclic amines) is 1. The third-order valence-corrected chi connectivity index (χ3v) is 11.3. The van der Waals surface area contributed by atoms with E-state index in [0.717, 1.165) is 23.0 Å². The van der Waals surface area contributed by atoms with Crippen molar-refractivity contribution in [2.45, 2.75) is 17.6 Å². The second-order valence-corrected chi connectivity index (χ2v) is 14.8. The van der Waals surface area contributed by atoms with Gasteiger partial charge in [0, 0.05) is 67.0 Å². The first kappa shape index (κ1) is 32.3. The van der Waals surface area contributed by atoms with Crippen molar-refractivity contribution in [3.05, 3.63) is 103 Å². The highest BCUT2D eigenvalue weighted by Gasteiger charge is 2.53. The molecule has 1 atom stereocenters. The Hall–Kier alpha value is -5.27. The average molecular weight is 680 g/mol. The highest BCUT2D eigenvalue weighted by Crippen LogP contribution is 2.33. The number of hydrogen-bond donors (Lipinski definition) is 2. The molecule has 5 aromatic rings. The van der Waals surface area contributed by atoms with Crippen molar-refractivity contribution in [1.29, 1.82) is 0 Å². The van der Waals surface area contributed by atoms with E-state index in [0.29, 0.717) is 53.2 Å². The van der Waals surface area contributed by atoms with Crippen molar-refractivity contribution in [2.75, 3.05) is 44.3 Å². The summed E-state index contributed by atoms with van der Waals surface area (Å²) in [6, 6.07) is 20.9. The summed E-state index contributed by atoms with van der Waals surface area (Å²) in [5, 5.41) is 10.8. The molecule has 2 aromatic heterocycles. The quantitative estimate of drug-likeness (QED) is 0.243. The molecule has 4 heterocycles. The van der Waals surface area contributed by atoms with Gasteiger partial charge in [-0.25, -0.2) is 22.8 Å². The maximum atomic E-state index is 13.8. The summed E-state index contributed by atoms with van der Waals surface area (Å²) >= 11 is 0. The van der Waals surface area contributed by atoms with Gasteiger partial charge in [-0.05, 0) is 72.5 Å². The number of amides is 2. The maximum absolute atomic E-state index is 13.8. The lowest BCUT2D eigenvalue weighted by Crippen LogP contribution is -2.52. The lowest BCUT2D eigenvalue weighted by Gasteiger charge is -2.29. The molecule has 2 aliphatic rings. The summed E-state index contributed by atoms with van der Waals surface area (Å²) < 4.78 is 38.1. The van der Waals surface area contributed by atoms with Gasteiger partial charge < -0.3 is 10.2 Å². The van der Waals surface area contributed by atoms with Crippen molar-refractivity contribution in [3.63, 3.8) is 0 Å². The molecule has 2 amide bonds. The number of sulfone groups is 1. The fourth-order valence-electron chi connectivity index (χ4n) is 6.54. The van der Waals surface area contributed by atoms with E-state index in [1.54, 1.807) is 58.6 Å². The number of aromatic nitrogens is 4. The Morgan fingerprint density at radius 3 is 2.37 bits per heavy atom. The Balaban J connectivity index is 1.00. The topological polar surface area (TPSA) is 141 Å². The molecule has 0 aliphatic carbocycles. The molecule has 1 saturated heterocycles. The highest BCUT2D eigenvalue weighted by molar-refractivity contribution is 7.93. The number of carbonyl (C=O) groups is 2. The second kappa shape index (κ2) is 13.0. The molecule has 11 nitrogen and oxygen atoms in total. The SMILES string of the molecule is CS(=O)(=O)C1(C(=O)Nc2ccc3[nH]nc(-c4ccc(F)cc4)c3c2)CCN(CC(=O)N2CC=C(c3ccc(-c4ncccn4)cc3)CC2)C1. The monoisotopic (exact) mass is 679 g/mol. The molecular formula is C36H34FN7O4S. The van der Waals surface area contributed by atoms with E-state index in [-0.39, 0.29) is 37.8 Å². The van der Waals surface area contributed by atoms with Crippen LogP contribution < -0.4 is 5.32 Å². The molecule has 1 fully saturated rings. The van der Waals surface area contributed by atoms with Crippen molar-refractivity contribution in [3.8, 4) is 22.6 Å². The number of halogens is 1. The van der Waals surface area contributed by atoms with E-state index in [1.165, 1.54) is 12.1 Å². The van der Waals surface area contributed by atoms with Gasteiger partial charge in [0.05, 0.1) is 17.8 Å². The van der Waals surface area contributed by atoms with Gasteiger partial charge in [-0.3, -0.25) is 19.6 Å². The molecule has 2 N–H and O–H groups in total. The number of benzene rings is 3. The Bertz CT molecular complexity index is 2170. The van der Waals surface area contributed by atoms with E-state index in [2.05, 4.69) is 25.5 Å². The van der Waals surface area contributed by atoms with E-state index in [9.17, 15) is 22.4 Å². The van der Waals surface area contributed by atoms with Gasteiger partial charge in [0.2, 0.25) is 11.8 Å². The van der Waals surface area contributed by atoms with Crippen LogP contribution in [0.5, 0.6) is 0 Å². The Kier molecular flexibility index (Phi) is 8.55. The van der Waals surface area contributed by atoms with Crippen molar-refractivity contribution < 1.29 is 22.4 Å². The molecule has 13 heteroatoms. The second-order valence-electron chi connectivity index (χ2n) is 12.5. The molecule has 7 rings (SSSR count). The van der Waals surface area contributed by atoms with Crippen molar-refractivity contribution in [2.24, 2.45) is 0 Å². The largest absolute Gasteiger partial charge is 0.338 e. The third kappa shape index (κ3) is 6.46. The van der Waals surface area contributed by atoms with Crippen LogP contribution in [0.2, 0.25) is 0 Å². The minimum atomic E-state index is -3.87. The molecule has 0 radical (unpaired) electrons. The standard InChI is InChI=1S/C36H34FN7O4S/c1-49(47,48)36(35(46)40-29-11-12-31-30(21-29)33(42-41-31)26-7-9-28(37)10-8-26)15-20-43(23-36)22-32(45)44-18-13-25(14-19-44)24-3-5-27(6-4-24)34-38-16-2-17-39-34/h2-13,16-17,21H,14-15,18-20,22-23H2,1H3,(H,40,46)(H,41,42). The zero-order valence-corrected chi connectivity index (χ0v) is 27.6. The van der Waals surface area contributed by atoms with Crippen molar-refractivity contribution in [1.82, 2.24) is 30.0 Å². The lowest BCUT2D eigenvalue weighted by molar-refractivity contribution is -0.132. The van der Waals surface area contributed by atoms with Gasteiger partial charge in [0.1, 0.15) is 5.82 Å². The first-order valence-corrected chi connectivity index (χ1v) is 17.8. The number of hydrogen-bond acceptors (Lipinski definition) is 8. The molecule has 2 aliphatic heterocycles. The summed E-state index contributed by atoms with van der Waals surface area (Å²) in [7, 11) is -3.87. The predicted octanol–water partition coefficient (Wildman–Crippen LogP) is 4.57. The van der Waals surface area contributed by atoms with Crippen LogP contribution in [0.3, 0.4) is 0 Å². The Morgan fingerprint density at radius 1 is 0.959 bits per heavy atom. The summed E-state index contributed by atoms with van der Waals surface area (Å²) in [5.74, 6) is -0.466. The fraction of sp³-hybridized carbons (Fsp3) is 0.250. The van der Waals surface area contributed by atoms with Crippen LogP contribution in [0.4, 0.5) is 10.1 Å². The molecule has 0 bridgehead atoms. The van der Waals surface area contributed by atoms with Crippen LogP contribution in [-0.4, -0.2) is 93.9 Å². The summed E-state index contributed by atoms with van der Waals surface area (Å²) in [5.41, 5.74) is 5.52. The Labute approximate surface area is 282 Å². The van der Waals surface area contributed by atoms with Gasteiger partial charge >= 0.3 is 0 Å². The van der Waals surface area contributed by atoms with Crippen LogP contribution in [0.1, 0.15) is 18.4 Å². The van der Waals surface area contributed by atoms with E-state index in [1.807, 2.05) is 30.3 Å². The zero-order chi connectivity index (χ0) is 34.2. The van der Waals surface area contributed by atoms with E-state index in [4.69, 9.17) is 0 Å². The number of aromatic amines is 1. The number of rotatable bonds is 8. The molecular weight excluding hydrogens is 646 g/mol. The number of fused-ring (bicyclic) bond motifs is 1. The molecule has 1 unspecified atom stereocenters. The molecule has 250 valence electrons. The van der Waals surface area contributed by atoms with Crippen LogP contribution in [-0.2, 0) is 19.4 Å². The molecule has 0 spiro atoms. The van der Waals surface area contributed by atoms with E-state index < -0.39 is 20.5 Å². The number of nitrogens with zero attached hydrogens (tertiary/aromatic N) is 5. The fourth-order valence-corrected chi connectivity index (χ4v) is 7.81. The van der Waals surface area contributed by atoms with Gasteiger partial charge in [0.15, 0.2) is 20.4 Å². The molecule has 3 aromatic carbocycles. The van der Waals surface area contributed by atoms with Crippen LogP contribution in [0.25, 0.3) is 39.1 Å². The van der Waals surface area contributed by atoms with Crippen LogP contribution >= 0.6 is 0 Å². The Morgan fingerprint density at radius 2 is 1.67 bits per heavy atom. The smallest absolute Gasteiger partial charge is 0.247 e. The summed E-state index contributed by atoms with van der Waals surface area (Å²) in [6.45, 7) is 1.19. The van der Waals surface area contributed by atoms with Crippen molar-refractivity contribution >= 4 is 43.8 Å². The summed E-state index contributed by atoms with van der Waals surface area (Å²) in [6.07, 6.45) is 7.29. The first-order valence-electron chi connectivity index (χ1n) is 15.9. The van der Waals surface area contributed by atoms with Gasteiger partial charge in [0.25, 0.3) is 0 Å². The molecule has 0 saturated carbocycles. The number of carbonyl (C=O) groups excluding carboxylic acids is 2. The minimum absolute atomic E-state index is 0.0154. The van der Waals surface area contributed by atoms with E-state index >= 15 is 0 Å². The minimum Gasteiger partial charge on any atom is -0.338 e. The van der Waals surface area contributed by atoms with Gasteiger partial charge in [-0.2, -0.15) is 5.10 Å². The lowest BCUT2D eigenvalue weighted by atomic mass is 9.98. The molecule has 49 heavy (non-hydrogen) atoms. The summed E-state index contributed by atoms with van der Waals surface area (Å²) in [4.78, 5) is 39.2. The third-order valence-electron chi connectivity index (χ3n) is 9.37. The van der Waals surface area contributed by atoms with Crippen LogP contribution in [0, 0.1) is 5.82 Å². The predicted molar refractivity (Wildman–Crippen MR) is 185 cm³/mol. The number of anilines is 1. The number of nitrogens with one attached hydrogen (secondary N) is 2. The van der Waals surface area contributed by atoms with Crippen LogP contribution in [0.15, 0.2) is 91.3 Å².